The maximum absolute atomic E-state index is 5.65. The molecule has 0 bridgehead atoms. The molecule has 1 aromatic heterocycles. The third kappa shape index (κ3) is 4.65. The predicted molar refractivity (Wildman–Crippen MR) is 64.9 cm³/mol. The van der Waals surface area contributed by atoms with Gasteiger partial charge in [0.1, 0.15) is 0 Å². The van der Waals surface area contributed by atoms with Gasteiger partial charge >= 0.3 is 0 Å². The summed E-state index contributed by atoms with van der Waals surface area (Å²) in [7, 11) is 4.16. The largest absolute Gasteiger partial charge is 0.397 e. The van der Waals surface area contributed by atoms with Crippen molar-refractivity contribution in [3.05, 3.63) is 18.5 Å². The highest BCUT2D eigenvalue weighted by Crippen LogP contribution is 2.11. The summed E-state index contributed by atoms with van der Waals surface area (Å²) in [5.74, 6) is 0. The third-order valence-electron chi connectivity index (χ3n) is 2.18. The van der Waals surface area contributed by atoms with Crippen molar-refractivity contribution in [3.63, 3.8) is 0 Å². The summed E-state index contributed by atoms with van der Waals surface area (Å²) in [4.78, 5) is 6.21. The molecule has 0 spiro atoms. The van der Waals surface area contributed by atoms with Crippen molar-refractivity contribution < 1.29 is 0 Å². The maximum Gasteiger partial charge on any atom is 0.0549 e. The molecule has 0 aromatic carbocycles. The van der Waals surface area contributed by atoms with Gasteiger partial charge in [0.15, 0.2) is 0 Å². The summed E-state index contributed by atoms with van der Waals surface area (Å²) in [6.45, 7) is 3.23. The molecule has 0 aliphatic carbocycles. The molecule has 0 saturated carbocycles. The highest BCUT2D eigenvalue weighted by molar-refractivity contribution is 5.51. The van der Waals surface area contributed by atoms with E-state index >= 15 is 0 Å². The van der Waals surface area contributed by atoms with Gasteiger partial charge < -0.3 is 16.0 Å². The van der Waals surface area contributed by atoms with Gasteiger partial charge in [-0.2, -0.15) is 0 Å². The van der Waals surface area contributed by atoms with Gasteiger partial charge in [-0.05, 0) is 40.1 Å². The van der Waals surface area contributed by atoms with Crippen LogP contribution in [0.1, 0.15) is 13.3 Å². The number of pyridine rings is 1. The summed E-state index contributed by atoms with van der Waals surface area (Å²) >= 11 is 0. The van der Waals surface area contributed by atoms with Gasteiger partial charge in [0.2, 0.25) is 0 Å². The first-order valence-electron chi connectivity index (χ1n) is 5.19. The lowest BCUT2D eigenvalue weighted by atomic mass is 10.2. The fourth-order valence-corrected chi connectivity index (χ4v) is 1.35. The van der Waals surface area contributed by atoms with Gasteiger partial charge in [-0.15, -0.1) is 0 Å². The van der Waals surface area contributed by atoms with Crippen molar-refractivity contribution in [2.75, 3.05) is 31.7 Å². The van der Waals surface area contributed by atoms with Crippen molar-refractivity contribution in [2.45, 2.75) is 19.4 Å². The van der Waals surface area contributed by atoms with Gasteiger partial charge in [0.25, 0.3) is 0 Å². The number of nitrogens with zero attached hydrogens (tertiary/aromatic N) is 2. The van der Waals surface area contributed by atoms with Crippen LogP contribution in [0.4, 0.5) is 11.4 Å². The monoisotopic (exact) mass is 208 g/mol. The number of nitrogen functional groups attached to an aromatic ring is 1. The number of nitrogens with one attached hydrogen (secondary N) is 1. The maximum atomic E-state index is 5.65. The van der Waals surface area contributed by atoms with Crippen molar-refractivity contribution in [2.24, 2.45) is 0 Å². The molecule has 4 heteroatoms. The lowest BCUT2D eigenvalue weighted by molar-refractivity contribution is 0.390. The van der Waals surface area contributed by atoms with E-state index in [1.807, 2.05) is 6.07 Å². The van der Waals surface area contributed by atoms with Crippen LogP contribution in [-0.2, 0) is 0 Å². The van der Waals surface area contributed by atoms with E-state index in [2.05, 4.69) is 36.2 Å². The number of anilines is 2. The van der Waals surface area contributed by atoms with Crippen LogP contribution in [0.25, 0.3) is 0 Å². The summed E-state index contributed by atoms with van der Waals surface area (Å²) in [6.07, 6.45) is 4.54. The van der Waals surface area contributed by atoms with Gasteiger partial charge in [-0.3, -0.25) is 4.98 Å². The van der Waals surface area contributed by atoms with E-state index in [9.17, 15) is 0 Å². The third-order valence-corrected chi connectivity index (χ3v) is 2.18. The van der Waals surface area contributed by atoms with E-state index in [1.165, 1.54) is 0 Å². The molecule has 0 saturated heterocycles. The number of nitrogens with two attached hydrogens (primary N) is 1. The van der Waals surface area contributed by atoms with Crippen molar-refractivity contribution in [3.8, 4) is 0 Å². The zero-order valence-corrected chi connectivity index (χ0v) is 9.70. The lowest BCUT2D eigenvalue weighted by Crippen LogP contribution is -2.23. The molecule has 1 unspecified atom stereocenters. The van der Waals surface area contributed by atoms with Gasteiger partial charge in [0.05, 0.1) is 17.6 Å². The first kappa shape index (κ1) is 11.8. The Balaban J connectivity index is 2.40. The second-order valence-electron chi connectivity index (χ2n) is 4.14. The first-order valence-corrected chi connectivity index (χ1v) is 5.19. The van der Waals surface area contributed by atoms with E-state index in [4.69, 9.17) is 5.73 Å². The SMILES string of the molecule is CC(CCN(C)C)Nc1cncc(N)c1. The van der Waals surface area contributed by atoms with Crippen LogP contribution in [0, 0.1) is 0 Å². The van der Waals surface area contributed by atoms with Crippen LogP contribution in [0.5, 0.6) is 0 Å². The number of aromatic nitrogens is 1. The highest BCUT2D eigenvalue weighted by atomic mass is 15.1. The first-order chi connectivity index (χ1) is 7.08. The molecule has 1 aromatic rings. The fraction of sp³-hybridized carbons (Fsp3) is 0.545. The summed E-state index contributed by atoms with van der Waals surface area (Å²) in [6, 6.07) is 2.33. The molecule has 0 fully saturated rings. The molecule has 15 heavy (non-hydrogen) atoms. The average Bonchev–Trinajstić information content (AvgIpc) is 2.15. The van der Waals surface area contributed by atoms with Crippen LogP contribution in [0.15, 0.2) is 18.5 Å². The average molecular weight is 208 g/mol. The quantitative estimate of drug-likeness (QED) is 0.768. The van der Waals surface area contributed by atoms with Gasteiger partial charge in [-0.25, -0.2) is 0 Å². The Hall–Kier alpha value is -1.29. The highest BCUT2D eigenvalue weighted by Gasteiger charge is 2.02. The molecule has 0 radical (unpaired) electrons. The second kappa shape index (κ2) is 5.56. The van der Waals surface area contributed by atoms with Gasteiger partial charge in [0, 0.05) is 12.2 Å². The van der Waals surface area contributed by atoms with E-state index < -0.39 is 0 Å². The smallest absolute Gasteiger partial charge is 0.0549 e. The minimum Gasteiger partial charge on any atom is -0.397 e. The minimum absolute atomic E-state index is 0.427. The van der Waals surface area contributed by atoms with Crippen molar-refractivity contribution in [1.82, 2.24) is 9.88 Å². The van der Waals surface area contributed by atoms with Crippen LogP contribution in [-0.4, -0.2) is 36.6 Å². The summed E-state index contributed by atoms with van der Waals surface area (Å²) in [5.41, 5.74) is 7.33. The van der Waals surface area contributed by atoms with Crippen LogP contribution in [0.2, 0.25) is 0 Å². The van der Waals surface area contributed by atoms with Gasteiger partial charge in [-0.1, -0.05) is 0 Å². The zero-order valence-electron chi connectivity index (χ0n) is 9.70. The lowest BCUT2D eigenvalue weighted by Gasteiger charge is -2.17. The van der Waals surface area contributed by atoms with Crippen LogP contribution in [0.3, 0.4) is 0 Å². The molecule has 0 aliphatic rings. The van der Waals surface area contributed by atoms with E-state index in [-0.39, 0.29) is 0 Å². The Morgan fingerprint density at radius 3 is 2.80 bits per heavy atom. The Morgan fingerprint density at radius 1 is 1.47 bits per heavy atom. The molecule has 84 valence electrons. The Bertz CT molecular complexity index is 298. The zero-order chi connectivity index (χ0) is 11.3. The molecule has 1 rings (SSSR count). The predicted octanol–water partition coefficient (Wildman–Crippen LogP) is 1.42. The Morgan fingerprint density at radius 2 is 2.20 bits per heavy atom. The van der Waals surface area contributed by atoms with E-state index in [0.29, 0.717) is 11.7 Å². The molecule has 0 amide bonds. The molecule has 3 N–H and O–H groups in total. The number of hydrogen-bond donors (Lipinski definition) is 2. The molecular formula is C11H20N4. The number of hydrogen-bond acceptors (Lipinski definition) is 4. The molecule has 4 nitrogen and oxygen atoms in total. The summed E-state index contributed by atoms with van der Waals surface area (Å²) in [5, 5.41) is 3.37. The van der Waals surface area contributed by atoms with Crippen molar-refractivity contribution >= 4 is 11.4 Å². The van der Waals surface area contributed by atoms with E-state index in [0.717, 1.165) is 18.7 Å². The Kier molecular flexibility index (Phi) is 4.37. The van der Waals surface area contributed by atoms with Crippen LogP contribution >= 0.6 is 0 Å². The van der Waals surface area contributed by atoms with Crippen LogP contribution < -0.4 is 11.1 Å². The minimum atomic E-state index is 0.427. The van der Waals surface area contributed by atoms with E-state index in [1.54, 1.807) is 12.4 Å². The summed E-state index contributed by atoms with van der Waals surface area (Å²) < 4.78 is 0. The molecular weight excluding hydrogens is 188 g/mol. The number of rotatable bonds is 5. The molecule has 1 heterocycles. The van der Waals surface area contributed by atoms with Crippen molar-refractivity contribution in [1.29, 1.82) is 0 Å². The standard InChI is InChI=1S/C11H20N4/c1-9(4-5-15(2)3)14-11-6-10(12)7-13-8-11/h6-9,14H,4-5,12H2,1-3H3. The fourth-order valence-electron chi connectivity index (χ4n) is 1.35. The normalized spacial score (nSPS) is 12.8. The Labute approximate surface area is 91.5 Å². The topological polar surface area (TPSA) is 54.2 Å². The molecule has 0 aliphatic heterocycles. The molecule has 1 atom stereocenters. The second-order valence-corrected chi connectivity index (χ2v) is 4.14.